The first-order chi connectivity index (χ1) is 15.5. The third-order valence-corrected chi connectivity index (χ3v) is 5.52. The van der Waals surface area contributed by atoms with Gasteiger partial charge < -0.3 is 14.8 Å². The van der Waals surface area contributed by atoms with Crippen LogP contribution in [0.5, 0.6) is 5.75 Å². The number of ether oxygens (including phenoxy) is 2. The fourth-order valence-corrected chi connectivity index (χ4v) is 3.52. The molecule has 0 bridgehead atoms. The van der Waals surface area contributed by atoms with Gasteiger partial charge in [-0.15, -0.1) is 0 Å². The van der Waals surface area contributed by atoms with Gasteiger partial charge in [0.15, 0.2) is 0 Å². The van der Waals surface area contributed by atoms with Gasteiger partial charge in [0.2, 0.25) is 0 Å². The monoisotopic (exact) mass is 440 g/mol. The molecule has 6 heteroatoms. The van der Waals surface area contributed by atoms with Gasteiger partial charge >= 0.3 is 12.0 Å². The highest BCUT2D eigenvalue weighted by molar-refractivity contribution is 5.92. The van der Waals surface area contributed by atoms with Crippen LogP contribution in [0.15, 0.2) is 42.5 Å². The summed E-state index contributed by atoms with van der Waals surface area (Å²) in [4.78, 5) is 25.6. The third-order valence-electron chi connectivity index (χ3n) is 5.52. The molecule has 2 rings (SSSR count). The smallest absolute Gasteiger partial charge is 0.321 e. The van der Waals surface area contributed by atoms with Crippen molar-refractivity contribution in [2.75, 3.05) is 32.7 Å². The predicted octanol–water partition coefficient (Wildman–Crippen LogP) is 5.58. The second-order valence-corrected chi connectivity index (χ2v) is 7.87. The van der Waals surface area contributed by atoms with E-state index >= 15 is 0 Å². The summed E-state index contributed by atoms with van der Waals surface area (Å²) in [6, 6.07) is 13.6. The summed E-state index contributed by atoms with van der Waals surface area (Å²) in [5, 5.41) is 3.00. The van der Waals surface area contributed by atoms with E-state index in [1.807, 2.05) is 42.5 Å². The number of aryl methyl sites for hydroxylation is 1. The average Bonchev–Trinajstić information content (AvgIpc) is 2.83. The average molecular weight is 441 g/mol. The Kier molecular flexibility index (Phi) is 10.6. The first-order valence-corrected chi connectivity index (χ1v) is 11.4. The molecule has 6 nitrogen and oxygen atoms in total. The molecule has 0 radical (unpaired) electrons. The molecule has 174 valence electrons. The molecule has 0 atom stereocenters. The minimum Gasteiger partial charge on any atom is -0.496 e. The van der Waals surface area contributed by atoms with Crippen LogP contribution in [-0.2, 0) is 16.0 Å². The van der Waals surface area contributed by atoms with E-state index in [4.69, 9.17) is 9.47 Å². The zero-order valence-corrected chi connectivity index (χ0v) is 19.8. The zero-order valence-electron chi connectivity index (χ0n) is 19.8. The molecular formula is C26H36N2O4. The Bertz CT molecular complexity index is 882. The molecule has 0 aromatic heterocycles. The number of rotatable bonds is 12. The maximum atomic E-state index is 12.6. The topological polar surface area (TPSA) is 67.9 Å². The maximum Gasteiger partial charge on any atom is 0.321 e. The van der Waals surface area contributed by atoms with Crippen LogP contribution in [0, 0.1) is 0 Å². The summed E-state index contributed by atoms with van der Waals surface area (Å²) in [5.74, 6) is 0.492. The van der Waals surface area contributed by atoms with Crippen LogP contribution in [0.25, 0.3) is 11.1 Å². The van der Waals surface area contributed by atoms with Gasteiger partial charge in [-0.3, -0.25) is 9.69 Å². The number of methoxy groups -OCH3 is 2. The second-order valence-electron chi connectivity index (χ2n) is 7.87. The molecule has 0 spiro atoms. The molecular weight excluding hydrogens is 404 g/mol. The number of urea groups is 1. The lowest BCUT2D eigenvalue weighted by Gasteiger charge is -2.19. The minimum atomic E-state index is -0.233. The molecule has 0 aliphatic heterocycles. The maximum absolute atomic E-state index is 12.6. The lowest BCUT2D eigenvalue weighted by molar-refractivity contribution is -0.140. The molecule has 1 N–H and O–H groups in total. The van der Waals surface area contributed by atoms with E-state index < -0.39 is 0 Å². The number of anilines is 1. The van der Waals surface area contributed by atoms with Gasteiger partial charge in [-0.25, -0.2) is 4.79 Å². The van der Waals surface area contributed by atoms with Crippen LogP contribution < -0.4 is 15.0 Å². The number of nitrogens with one attached hydrogen (secondary N) is 1. The minimum absolute atomic E-state index is 0.109. The van der Waals surface area contributed by atoms with Gasteiger partial charge in [-0.05, 0) is 42.2 Å². The molecule has 2 amide bonds. The number of carbonyl (C=O) groups is 2. The Morgan fingerprint density at radius 2 is 1.78 bits per heavy atom. The Balaban J connectivity index is 2.06. The number of hydrogen-bond acceptors (Lipinski definition) is 4. The van der Waals surface area contributed by atoms with Crippen molar-refractivity contribution in [3.8, 4) is 16.9 Å². The molecule has 32 heavy (non-hydrogen) atoms. The predicted molar refractivity (Wildman–Crippen MR) is 129 cm³/mol. The van der Waals surface area contributed by atoms with Gasteiger partial charge in [0.05, 0.1) is 14.2 Å². The first-order valence-electron chi connectivity index (χ1n) is 11.4. The summed E-state index contributed by atoms with van der Waals surface area (Å²) in [6.07, 6.45) is 6.73. The molecule has 0 aliphatic carbocycles. The van der Waals surface area contributed by atoms with E-state index in [2.05, 4.69) is 12.2 Å². The number of benzene rings is 2. The van der Waals surface area contributed by atoms with Gasteiger partial charge in [0.25, 0.3) is 0 Å². The quantitative estimate of drug-likeness (QED) is 0.345. The van der Waals surface area contributed by atoms with Crippen LogP contribution in [0.3, 0.4) is 0 Å². The standard InChI is InChI=1S/C26H36N2O4/c1-5-6-7-8-9-17-27-26(30)28(2)22-12-10-11-21(19-22)23-15-13-20(18-24(23)31-3)14-16-25(29)32-4/h10-13,15,18-19H,5-9,14,16-17H2,1-4H3,(H,27,30). The van der Waals surface area contributed by atoms with Crippen LogP contribution >= 0.6 is 0 Å². The fourth-order valence-electron chi connectivity index (χ4n) is 3.52. The first kappa shape index (κ1) is 25.2. The largest absolute Gasteiger partial charge is 0.496 e. The molecule has 0 saturated carbocycles. The van der Waals surface area contributed by atoms with Crippen molar-refractivity contribution in [3.63, 3.8) is 0 Å². The van der Waals surface area contributed by atoms with Crippen molar-refractivity contribution in [2.24, 2.45) is 0 Å². The molecule has 0 unspecified atom stereocenters. The molecule has 2 aromatic carbocycles. The van der Waals surface area contributed by atoms with Crippen LogP contribution in [0.4, 0.5) is 10.5 Å². The van der Waals surface area contributed by atoms with Gasteiger partial charge in [0, 0.05) is 31.3 Å². The molecule has 0 fully saturated rings. The Morgan fingerprint density at radius 1 is 1.00 bits per heavy atom. The van der Waals surface area contributed by atoms with E-state index in [0.717, 1.165) is 41.0 Å². The van der Waals surface area contributed by atoms with Crippen molar-refractivity contribution >= 4 is 17.7 Å². The van der Waals surface area contributed by atoms with Crippen molar-refractivity contribution < 1.29 is 19.1 Å². The van der Waals surface area contributed by atoms with Crippen LogP contribution in [0.2, 0.25) is 0 Å². The van der Waals surface area contributed by atoms with E-state index in [1.165, 1.54) is 26.4 Å². The van der Waals surface area contributed by atoms with E-state index in [0.29, 0.717) is 19.4 Å². The number of nitrogens with zero attached hydrogens (tertiary/aromatic N) is 1. The molecule has 0 aliphatic rings. The lowest BCUT2D eigenvalue weighted by Crippen LogP contribution is -2.37. The number of esters is 1. The summed E-state index contributed by atoms with van der Waals surface area (Å²) < 4.78 is 10.3. The SMILES string of the molecule is CCCCCCCNC(=O)N(C)c1cccc(-c2ccc(CCC(=O)OC)cc2OC)c1. The molecule has 2 aromatic rings. The molecule has 0 saturated heterocycles. The van der Waals surface area contributed by atoms with Crippen molar-refractivity contribution in [3.05, 3.63) is 48.0 Å². The van der Waals surface area contributed by atoms with Crippen LogP contribution in [-0.4, -0.2) is 39.8 Å². The van der Waals surface area contributed by atoms with Crippen molar-refractivity contribution in [1.82, 2.24) is 5.32 Å². The lowest BCUT2D eigenvalue weighted by atomic mass is 10.00. The number of hydrogen-bond donors (Lipinski definition) is 1. The summed E-state index contributed by atoms with van der Waals surface area (Å²) in [6.45, 7) is 2.88. The Morgan fingerprint density at radius 3 is 2.50 bits per heavy atom. The summed E-state index contributed by atoms with van der Waals surface area (Å²) >= 11 is 0. The van der Waals surface area contributed by atoms with Gasteiger partial charge in [0.1, 0.15) is 5.75 Å². The van der Waals surface area contributed by atoms with Crippen LogP contribution in [0.1, 0.15) is 51.0 Å². The highest BCUT2D eigenvalue weighted by Gasteiger charge is 2.13. The Hall–Kier alpha value is -3.02. The second kappa shape index (κ2) is 13.4. The van der Waals surface area contributed by atoms with E-state index in [9.17, 15) is 9.59 Å². The van der Waals surface area contributed by atoms with Crippen molar-refractivity contribution in [1.29, 1.82) is 0 Å². The highest BCUT2D eigenvalue weighted by Crippen LogP contribution is 2.33. The molecule has 0 heterocycles. The van der Waals surface area contributed by atoms with Gasteiger partial charge in [-0.2, -0.15) is 0 Å². The van der Waals surface area contributed by atoms with E-state index in [1.54, 1.807) is 19.1 Å². The number of unbranched alkanes of at least 4 members (excludes halogenated alkanes) is 4. The highest BCUT2D eigenvalue weighted by atomic mass is 16.5. The summed E-state index contributed by atoms with van der Waals surface area (Å²) in [5.41, 5.74) is 3.70. The normalized spacial score (nSPS) is 10.5. The zero-order chi connectivity index (χ0) is 23.3. The third kappa shape index (κ3) is 7.59. The van der Waals surface area contributed by atoms with Gasteiger partial charge in [-0.1, -0.05) is 56.9 Å². The van der Waals surface area contributed by atoms with Crippen molar-refractivity contribution in [2.45, 2.75) is 51.9 Å². The Labute approximate surface area is 191 Å². The summed E-state index contributed by atoms with van der Waals surface area (Å²) in [7, 11) is 4.80. The fraction of sp³-hybridized carbons (Fsp3) is 0.462. The van der Waals surface area contributed by atoms with E-state index in [-0.39, 0.29) is 12.0 Å². The number of amides is 2. The number of carbonyl (C=O) groups excluding carboxylic acids is 2.